The second-order valence-electron chi connectivity index (χ2n) is 6.52. The molecule has 0 N–H and O–H groups in total. The van der Waals surface area contributed by atoms with Crippen LogP contribution in [0.5, 0.6) is 0 Å². The molecular weight excluding hydrogens is 288 g/mol. The average Bonchev–Trinajstić information content (AvgIpc) is 2.66. The summed E-state index contributed by atoms with van der Waals surface area (Å²) in [4.78, 5) is 0. The van der Waals surface area contributed by atoms with E-state index in [2.05, 4.69) is 85.8 Å². The first kappa shape index (κ1) is 13.6. The molecule has 5 aromatic carbocycles. The molecule has 0 heterocycles. The first-order chi connectivity index (χ1) is 11.8. The quantitative estimate of drug-likeness (QED) is 0.297. The van der Waals surface area contributed by atoms with Gasteiger partial charge in [-0.2, -0.15) is 0 Å². The maximum absolute atomic E-state index is 2.32. The van der Waals surface area contributed by atoms with Gasteiger partial charge in [-0.05, 0) is 55.1 Å². The van der Waals surface area contributed by atoms with Gasteiger partial charge in [0.25, 0.3) is 0 Å². The third-order valence-corrected chi connectivity index (χ3v) is 5.21. The second-order valence-corrected chi connectivity index (χ2v) is 6.52. The van der Waals surface area contributed by atoms with Crippen molar-refractivity contribution >= 4 is 43.1 Å². The maximum Gasteiger partial charge on any atom is -0.00987 e. The lowest BCUT2D eigenvalue weighted by Crippen LogP contribution is -1.84. The average molecular weight is 306 g/mol. The van der Waals surface area contributed by atoms with Crippen LogP contribution in [0.4, 0.5) is 0 Å². The molecule has 0 aromatic heterocycles. The molecule has 0 heteroatoms. The highest BCUT2D eigenvalue weighted by Gasteiger charge is 2.07. The van der Waals surface area contributed by atoms with E-state index >= 15 is 0 Å². The fourth-order valence-electron chi connectivity index (χ4n) is 3.91. The molecule has 0 aliphatic heterocycles. The van der Waals surface area contributed by atoms with E-state index in [1.165, 1.54) is 48.7 Å². The highest BCUT2D eigenvalue weighted by molar-refractivity contribution is 6.22. The second kappa shape index (κ2) is 5.07. The molecule has 5 aromatic rings. The zero-order valence-corrected chi connectivity index (χ0v) is 13.7. The lowest BCUT2D eigenvalue weighted by molar-refractivity contribution is 1.15. The summed E-state index contributed by atoms with van der Waals surface area (Å²) in [6, 6.07) is 29.1. The van der Waals surface area contributed by atoms with E-state index in [0.717, 1.165) is 6.42 Å². The van der Waals surface area contributed by atoms with Crippen LogP contribution in [0, 0.1) is 0 Å². The van der Waals surface area contributed by atoms with Gasteiger partial charge in [0.1, 0.15) is 0 Å². The van der Waals surface area contributed by atoms with E-state index in [4.69, 9.17) is 0 Å². The van der Waals surface area contributed by atoms with E-state index in [9.17, 15) is 0 Å². The summed E-state index contributed by atoms with van der Waals surface area (Å²) in [6.45, 7) is 2.21. The molecule has 0 aliphatic rings. The van der Waals surface area contributed by atoms with E-state index in [-0.39, 0.29) is 0 Å². The number of rotatable bonds is 1. The standard InChI is InChI=1S/C24H18/c1-2-16-7-10-20-18(15-16)9-12-24-22(20)14-13-21-19-6-4-3-5-17(19)8-11-23(21)24/h3-15H,2H2,1H3. The largest absolute Gasteiger partial charge is 0.0616 e. The first-order valence-corrected chi connectivity index (χ1v) is 8.61. The van der Waals surface area contributed by atoms with Crippen LogP contribution in [0.15, 0.2) is 78.9 Å². The summed E-state index contributed by atoms with van der Waals surface area (Å²) < 4.78 is 0. The number of aryl methyl sites for hydroxylation is 1. The van der Waals surface area contributed by atoms with Gasteiger partial charge in [0.15, 0.2) is 0 Å². The van der Waals surface area contributed by atoms with Gasteiger partial charge < -0.3 is 0 Å². The van der Waals surface area contributed by atoms with Crippen LogP contribution in [-0.4, -0.2) is 0 Å². The molecule has 0 fully saturated rings. The van der Waals surface area contributed by atoms with Crippen LogP contribution in [0.1, 0.15) is 12.5 Å². The fraction of sp³-hybridized carbons (Fsp3) is 0.0833. The number of hydrogen-bond acceptors (Lipinski definition) is 0. The number of fused-ring (bicyclic) bond motifs is 7. The van der Waals surface area contributed by atoms with E-state index in [0.29, 0.717) is 0 Å². The molecule has 0 bridgehead atoms. The molecule has 24 heavy (non-hydrogen) atoms. The molecule has 0 saturated heterocycles. The third kappa shape index (κ3) is 1.86. The Balaban J connectivity index is 1.94. The van der Waals surface area contributed by atoms with Crippen molar-refractivity contribution in [2.75, 3.05) is 0 Å². The Morgan fingerprint density at radius 3 is 1.79 bits per heavy atom. The predicted octanol–water partition coefficient (Wildman–Crippen LogP) is 6.86. The molecule has 114 valence electrons. The lowest BCUT2D eigenvalue weighted by Gasteiger charge is -2.10. The maximum atomic E-state index is 2.32. The normalized spacial score (nSPS) is 11.7. The minimum Gasteiger partial charge on any atom is -0.0616 e. The van der Waals surface area contributed by atoms with Gasteiger partial charge in [-0.25, -0.2) is 0 Å². The van der Waals surface area contributed by atoms with Crippen LogP contribution in [0.25, 0.3) is 43.1 Å². The Morgan fingerprint density at radius 2 is 1.04 bits per heavy atom. The van der Waals surface area contributed by atoms with Crippen molar-refractivity contribution < 1.29 is 0 Å². The Kier molecular flexibility index (Phi) is 2.87. The van der Waals surface area contributed by atoms with Gasteiger partial charge in [-0.15, -0.1) is 0 Å². The molecule has 0 nitrogen and oxygen atoms in total. The van der Waals surface area contributed by atoms with Crippen LogP contribution >= 0.6 is 0 Å². The Bertz CT molecular complexity index is 1230. The Morgan fingerprint density at radius 1 is 0.500 bits per heavy atom. The Labute approximate surface area is 141 Å². The first-order valence-electron chi connectivity index (χ1n) is 8.61. The van der Waals surface area contributed by atoms with E-state index in [1.807, 2.05) is 0 Å². The van der Waals surface area contributed by atoms with Crippen LogP contribution in [0.2, 0.25) is 0 Å². The monoisotopic (exact) mass is 306 g/mol. The summed E-state index contributed by atoms with van der Waals surface area (Å²) in [5.74, 6) is 0. The van der Waals surface area contributed by atoms with E-state index in [1.54, 1.807) is 0 Å². The van der Waals surface area contributed by atoms with E-state index < -0.39 is 0 Å². The van der Waals surface area contributed by atoms with Gasteiger partial charge in [-0.3, -0.25) is 0 Å². The zero-order valence-electron chi connectivity index (χ0n) is 13.7. The minimum atomic E-state index is 1.08. The fourth-order valence-corrected chi connectivity index (χ4v) is 3.91. The lowest BCUT2D eigenvalue weighted by atomic mass is 9.93. The van der Waals surface area contributed by atoms with Crippen LogP contribution in [0.3, 0.4) is 0 Å². The van der Waals surface area contributed by atoms with Crippen molar-refractivity contribution in [3.63, 3.8) is 0 Å². The summed E-state index contributed by atoms with van der Waals surface area (Å²) in [6.07, 6.45) is 1.08. The SMILES string of the molecule is CCc1ccc2c(ccc3c2ccc2c4ccccc4ccc23)c1. The highest BCUT2D eigenvalue weighted by atomic mass is 14.1. The van der Waals surface area contributed by atoms with Gasteiger partial charge >= 0.3 is 0 Å². The Hall–Kier alpha value is -2.86. The summed E-state index contributed by atoms with van der Waals surface area (Å²) in [5, 5.41) is 10.7. The molecule has 0 amide bonds. The van der Waals surface area contributed by atoms with Crippen molar-refractivity contribution in [3.8, 4) is 0 Å². The van der Waals surface area contributed by atoms with Gasteiger partial charge in [-0.1, -0.05) is 85.8 Å². The minimum absolute atomic E-state index is 1.08. The van der Waals surface area contributed by atoms with Crippen molar-refractivity contribution in [2.24, 2.45) is 0 Å². The molecule has 0 radical (unpaired) electrons. The van der Waals surface area contributed by atoms with Gasteiger partial charge in [0.05, 0.1) is 0 Å². The van der Waals surface area contributed by atoms with Crippen molar-refractivity contribution in [2.45, 2.75) is 13.3 Å². The predicted molar refractivity (Wildman–Crippen MR) is 106 cm³/mol. The topological polar surface area (TPSA) is 0 Å². The zero-order chi connectivity index (χ0) is 16.1. The molecule has 5 rings (SSSR count). The number of hydrogen-bond donors (Lipinski definition) is 0. The number of benzene rings is 5. The van der Waals surface area contributed by atoms with Crippen molar-refractivity contribution in [1.29, 1.82) is 0 Å². The molecular formula is C24H18. The van der Waals surface area contributed by atoms with Crippen LogP contribution < -0.4 is 0 Å². The van der Waals surface area contributed by atoms with Crippen molar-refractivity contribution in [3.05, 3.63) is 84.4 Å². The molecule has 0 saturated carbocycles. The van der Waals surface area contributed by atoms with Crippen molar-refractivity contribution in [1.82, 2.24) is 0 Å². The summed E-state index contributed by atoms with van der Waals surface area (Å²) in [7, 11) is 0. The molecule has 0 aliphatic carbocycles. The van der Waals surface area contributed by atoms with Crippen LogP contribution in [-0.2, 0) is 6.42 Å². The highest BCUT2D eigenvalue weighted by Crippen LogP contribution is 2.34. The molecule has 0 atom stereocenters. The third-order valence-electron chi connectivity index (χ3n) is 5.21. The molecule has 0 unspecified atom stereocenters. The van der Waals surface area contributed by atoms with Gasteiger partial charge in [0, 0.05) is 0 Å². The summed E-state index contributed by atoms with van der Waals surface area (Å²) in [5.41, 5.74) is 1.40. The molecule has 0 spiro atoms. The smallest absolute Gasteiger partial charge is 0.00987 e. The van der Waals surface area contributed by atoms with Gasteiger partial charge in [0.2, 0.25) is 0 Å². The summed E-state index contributed by atoms with van der Waals surface area (Å²) >= 11 is 0.